The van der Waals surface area contributed by atoms with Gasteiger partial charge in [-0.25, -0.2) is 0 Å². The molecule has 1 N–H and O–H groups in total. The average Bonchev–Trinajstić information content (AvgIpc) is 2.34. The first-order chi connectivity index (χ1) is 7.81. The lowest BCUT2D eigenvalue weighted by Gasteiger charge is -2.10. The van der Waals surface area contributed by atoms with E-state index < -0.39 is 0 Å². The summed E-state index contributed by atoms with van der Waals surface area (Å²) in [6.45, 7) is 1.12. The van der Waals surface area contributed by atoms with Gasteiger partial charge in [0.2, 0.25) is 0 Å². The van der Waals surface area contributed by atoms with Crippen LogP contribution in [-0.2, 0) is 6.54 Å². The van der Waals surface area contributed by atoms with Crippen molar-refractivity contribution in [2.45, 2.75) is 13.0 Å². The van der Waals surface area contributed by atoms with Gasteiger partial charge >= 0.3 is 0 Å². The molecule has 0 aliphatic carbocycles. The molecule has 0 saturated carbocycles. The molecule has 0 unspecified atom stereocenters. The fraction of sp³-hybridized carbons (Fsp3) is 0.500. The van der Waals surface area contributed by atoms with Crippen LogP contribution in [0.5, 0.6) is 11.5 Å². The van der Waals surface area contributed by atoms with Crippen molar-refractivity contribution in [1.82, 2.24) is 5.32 Å². The third kappa shape index (κ3) is 3.70. The monoisotopic (exact) mass is 227 g/mol. The zero-order valence-electron chi connectivity index (χ0n) is 9.75. The van der Waals surface area contributed by atoms with Crippen molar-refractivity contribution in [2.75, 3.05) is 27.4 Å². The Balaban J connectivity index is 2.54. The van der Waals surface area contributed by atoms with E-state index >= 15 is 0 Å². The highest BCUT2D eigenvalue weighted by Crippen LogP contribution is 2.27. The Hall–Kier alpha value is -1.29. The molecule has 16 heavy (non-hydrogen) atoms. The topological polar surface area (TPSA) is 30.5 Å². The smallest absolute Gasteiger partial charge is 0.161 e. The van der Waals surface area contributed by atoms with Crippen molar-refractivity contribution in [3.63, 3.8) is 0 Å². The second-order valence-electron chi connectivity index (χ2n) is 3.41. The first-order valence-corrected chi connectivity index (χ1v) is 5.29. The van der Waals surface area contributed by atoms with E-state index in [0.717, 1.165) is 11.3 Å². The molecule has 1 rings (SSSR count). The maximum atomic E-state index is 11.9. The van der Waals surface area contributed by atoms with Crippen molar-refractivity contribution >= 4 is 0 Å². The van der Waals surface area contributed by atoms with Crippen LogP contribution in [0.1, 0.15) is 12.0 Å². The summed E-state index contributed by atoms with van der Waals surface area (Å²) >= 11 is 0. The molecule has 0 atom stereocenters. The molecule has 1 aromatic carbocycles. The Morgan fingerprint density at radius 1 is 1.19 bits per heavy atom. The van der Waals surface area contributed by atoms with Crippen LogP contribution in [0.2, 0.25) is 0 Å². The van der Waals surface area contributed by atoms with Gasteiger partial charge in [0.1, 0.15) is 0 Å². The van der Waals surface area contributed by atoms with Gasteiger partial charge in [0.15, 0.2) is 11.5 Å². The van der Waals surface area contributed by atoms with Gasteiger partial charge in [0.25, 0.3) is 0 Å². The van der Waals surface area contributed by atoms with Gasteiger partial charge in [-0.05, 0) is 30.7 Å². The largest absolute Gasteiger partial charge is 0.493 e. The average molecular weight is 227 g/mol. The minimum Gasteiger partial charge on any atom is -0.493 e. The van der Waals surface area contributed by atoms with E-state index in [1.165, 1.54) is 0 Å². The highest BCUT2D eigenvalue weighted by molar-refractivity contribution is 5.42. The summed E-state index contributed by atoms with van der Waals surface area (Å²) in [6, 6.07) is 5.75. The van der Waals surface area contributed by atoms with Crippen LogP contribution < -0.4 is 14.8 Å². The maximum absolute atomic E-state index is 11.9. The second kappa shape index (κ2) is 7.06. The molecule has 0 spiro atoms. The summed E-state index contributed by atoms with van der Waals surface area (Å²) in [6.07, 6.45) is 0.549. The van der Waals surface area contributed by atoms with Crippen molar-refractivity contribution in [2.24, 2.45) is 0 Å². The maximum Gasteiger partial charge on any atom is 0.161 e. The summed E-state index contributed by atoms with van der Waals surface area (Å²) < 4.78 is 22.2. The number of methoxy groups -OCH3 is 2. The van der Waals surface area contributed by atoms with Gasteiger partial charge in [0.05, 0.1) is 20.9 Å². The number of alkyl halides is 1. The first-order valence-electron chi connectivity index (χ1n) is 5.29. The molecule has 0 bridgehead atoms. The molecule has 90 valence electrons. The van der Waals surface area contributed by atoms with E-state index in [-0.39, 0.29) is 6.67 Å². The van der Waals surface area contributed by atoms with Gasteiger partial charge in [-0.1, -0.05) is 6.07 Å². The van der Waals surface area contributed by atoms with Crippen molar-refractivity contribution in [3.8, 4) is 11.5 Å². The summed E-state index contributed by atoms with van der Waals surface area (Å²) in [5.41, 5.74) is 1.09. The normalized spacial score (nSPS) is 10.2. The van der Waals surface area contributed by atoms with Gasteiger partial charge in [-0.15, -0.1) is 0 Å². The molecule has 0 aromatic heterocycles. The molecule has 0 saturated heterocycles. The van der Waals surface area contributed by atoms with Crippen molar-refractivity contribution in [1.29, 1.82) is 0 Å². The lowest BCUT2D eigenvalue weighted by atomic mass is 10.2. The van der Waals surface area contributed by atoms with E-state index in [1.807, 2.05) is 18.2 Å². The van der Waals surface area contributed by atoms with Crippen LogP contribution in [0, 0.1) is 0 Å². The van der Waals surface area contributed by atoms with Crippen molar-refractivity contribution < 1.29 is 13.9 Å². The lowest BCUT2D eigenvalue weighted by Crippen LogP contribution is -2.15. The Morgan fingerprint density at radius 3 is 2.56 bits per heavy atom. The Labute approximate surface area is 95.6 Å². The van der Waals surface area contributed by atoms with Gasteiger partial charge < -0.3 is 14.8 Å². The number of hydrogen-bond acceptors (Lipinski definition) is 3. The number of ether oxygens (including phenoxy) is 2. The number of benzene rings is 1. The third-order valence-corrected chi connectivity index (χ3v) is 2.26. The van der Waals surface area contributed by atoms with Crippen LogP contribution in [0.25, 0.3) is 0 Å². The number of rotatable bonds is 7. The molecule has 0 aliphatic heterocycles. The Morgan fingerprint density at radius 2 is 1.94 bits per heavy atom. The number of nitrogens with one attached hydrogen (secondary N) is 1. The van der Waals surface area contributed by atoms with Crippen LogP contribution in [0.4, 0.5) is 4.39 Å². The fourth-order valence-corrected chi connectivity index (χ4v) is 1.42. The molecule has 0 aliphatic rings. The standard InChI is InChI=1S/C12H18FNO2/c1-15-11-5-4-10(8-12(11)16-2)9-14-7-3-6-13/h4-5,8,14H,3,6-7,9H2,1-2H3. The molecule has 4 heteroatoms. The SMILES string of the molecule is COc1ccc(CNCCCF)cc1OC. The van der Waals surface area contributed by atoms with E-state index in [0.29, 0.717) is 25.3 Å². The van der Waals surface area contributed by atoms with Gasteiger partial charge in [0, 0.05) is 6.54 Å². The van der Waals surface area contributed by atoms with Gasteiger partial charge in [-0.2, -0.15) is 0 Å². The lowest BCUT2D eigenvalue weighted by molar-refractivity contribution is 0.354. The Bertz CT molecular complexity index is 318. The van der Waals surface area contributed by atoms with E-state index in [2.05, 4.69) is 5.32 Å². The van der Waals surface area contributed by atoms with Crippen LogP contribution in [0.15, 0.2) is 18.2 Å². The Kier molecular flexibility index (Phi) is 5.64. The minimum absolute atomic E-state index is 0.279. The summed E-state index contributed by atoms with van der Waals surface area (Å²) in [7, 11) is 3.22. The summed E-state index contributed by atoms with van der Waals surface area (Å²) in [4.78, 5) is 0. The van der Waals surface area contributed by atoms with Crippen molar-refractivity contribution in [3.05, 3.63) is 23.8 Å². The molecule has 1 aromatic rings. The molecule has 0 heterocycles. The predicted molar refractivity (Wildman–Crippen MR) is 61.8 cm³/mol. The molecule has 0 radical (unpaired) electrons. The zero-order valence-corrected chi connectivity index (χ0v) is 9.75. The predicted octanol–water partition coefficient (Wildman–Crippen LogP) is 2.15. The van der Waals surface area contributed by atoms with Gasteiger partial charge in [-0.3, -0.25) is 4.39 Å². The third-order valence-electron chi connectivity index (χ3n) is 2.26. The summed E-state index contributed by atoms with van der Waals surface area (Å²) in [5, 5.41) is 3.16. The van der Waals surface area contributed by atoms with E-state index in [4.69, 9.17) is 9.47 Å². The number of halogens is 1. The molecular weight excluding hydrogens is 209 g/mol. The molecule has 0 fully saturated rings. The van der Waals surface area contributed by atoms with E-state index in [9.17, 15) is 4.39 Å². The molecule has 3 nitrogen and oxygen atoms in total. The summed E-state index contributed by atoms with van der Waals surface area (Å²) in [5.74, 6) is 1.43. The fourth-order valence-electron chi connectivity index (χ4n) is 1.42. The first kappa shape index (κ1) is 12.8. The molecular formula is C12H18FNO2. The van der Waals surface area contributed by atoms with Crippen LogP contribution >= 0.6 is 0 Å². The highest BCUT2D eigenvalue weighted by atomic mass is 19.1. The second-order valence-corrected chi connectivity index (χ2v) is 3.41. The molecule has 0 amide bonds. The quantitative estimate of drug-likeness (QED) is 0.724. The van der Waals surface area contributed by atoms with Crippen LogP contribution in [-0.4, -0.2) is 27.4 Å². The van der Waals surface area contributed by atoms with Crippen LogP contribution in [0.3, 0.4) is 0 Å². The minimum atomic E-state index is -0.279. The highest BCUT2D eigenvalue weighted by Gasteiger charge is 2.03. The number of hydrogen-bond donors (Lipinski definition) is 1. The zero-order chi connectivity index (χ0) is 11.8. The van der Waals surface area contributed by atoms with E-state index in [1.54, 1.807) is 14.2 Å².